The molecule has 0 spiro atoms. The molecule has 0 fully saturated rings. The zero-order chi connectivity index (χ0) is 18.1. The van der Waals surface area contributed by atoms with Gasteiger partial charge in [0.15, 0.2) is 11.8 Å². The number of pyridine rings is 1. The largest absolute Gasteiger partial charge is 0.451 e. The maximum absolute atomic E-state index is 12.5. The fourth-order valence-corrected chi connectivity index (χ4v) is 2.78. The van der Waals surface area contributed by atoms with Crippen molar-refractivity contribution >= 4 is 33.1 Å². The van der Waals surface area contributed by atoms with E-state index in [1.807, 2.05) is 6.07 Å². The summed E-state index contributed by atoms with van der Waals surface area (Å²) in [6, 6.07) is 8.66. The van der Waals surface area contributed by atoms with Gasteiger partial charge in [0.25, 0.3) is 0 Å². The number of hydrogen-bond acceptors (Lipinski definition) is 7. The number of carbonyl (C=O) groups excluding carboxylic acids is 1. The number of benzene rings is 1. The number of ether oxygens (including phenoxy) is 1. The zero-order valence-corrected chi connectivity index (χ0v) is 15.1. The minimum atomic E-state index is -0.567. The lowest BCUT2D eigenvalue weighted by molar-refractivity contribution is 0.0322. The Balaban J connectivity index is 1.54. The van der Waals surface area contributed by atoms with Crippen LogP contribution in [-0.2, 0) is 4.74 Å². The van der Waals surface area contributed by atoms with Crippen LogP contribution in [0, 0.1) is 0 Å². The average Bonchev–Trinajstić information content (AvgIpc) is 3.31. The number of hydrogen-bond donors (Lipinski definition) is 1. The second kappa shape index (κ2) is 6.68. The standard InChI is InChI=1S/C17H12BrN5O3/c1-9(14-21-13-6-12(18)7-19-15(13)22-14)26-17(24)11-4-2-3-10(5-11)16-23-20-8-25-16/h2-9H,1H3,(H,19,21,22)/t9-/m0/s1. The summed E-state index contributed by atoms with van der Waals surface area (Å²) >= 11 is 3.36. The Labute approximate surface area is 155 Å². The van der Waals surface area contributed by atoms with Crippen LogP contribution < -0.4 is 0 Å². The summed E-state index contributed by atoms with van der Waals surface area (Å²) in [6.07, 6.45) is 2.32. The van der Waals surface area contributed by atoms with Gasteiger partial charge in [-0.2, -0.15) is 0 Å². The van der Waals surface area contributed by atoms with Crippen LogP contribution in [0.1, 0.15) is 29.2 Å². The van der Waals surface area contributed by atoms with Crippen molar-refractivity contribution in [3.05, 3.63) is 58.8 Å². The summed E-state index contributed by atoms with van der Waals surface area (Å²) in [5.74, 6) is 0.377. The van der Waals surface area contributed by atoms with Gasteiger partial charge in [0.05, 0.1) is 11.1 Å². The maximum atomic E-state index is 12.5. The third kappa shape index (κ3) is 3.21. The highest BCUT2D eigenvalue weighted by Crippen LogP contribution is 2.22. The summed E-state index contributed by atoms with van der Waals surface area (Å²) in [5, 5.41) is 7.47. The van der Waals surface area contributed by atoms with Gasteiger partial charge in [0.2, 0.25) is 12.3 Å². The molecule has 26 heavy (non-hydrogen) atoms. The van der Waals surface area contributed by atoms with Gasteiger partial charge < -0.3 is 14.1 Å². The molecule has 0 radical (unpaired) electrons. The lowest BCUT2D eigenvalue weighted by Gasteiger charge is -2.11. The van der Waals surface area contributed by atoms with Crippen molar-refractivity contribution in [2.45, 2.75) is 13.0 Å². The molecule has 0 unspecified atom stereocenters. The third-order valence-electron chi connectivity index (χ3n) is 3.70. The molecule has 1 atom stereocenters. The molecule has 4 aromatic rings. The first-order valence-corrected chi connectivity index (χ1v) is 8.48. The number of fused-ring (bicyclic) bond motifs is 1. The lowest BCUT2D eigenvalue weighted by Crippen LogP contribution is -2.10. The third-order valence-corrected chi connectivity index (χ3v) is 4.13. The van der Waals surface area contributed by atoms with Crippen molar-refractivity contribution < 1.29 is 13.9 Å². The van der Waals surface area contributed by atoms with E-state index >= 15 is 0 Å². The van der Waals surface area contributed by atoms with Gasteiger partial charge >= 0.3 is 5.97 Å². The Kier molecular flexibility index (Phi) is 4.21. The van der Waals surface area contributed by atoms with E-state index in [2.05, 4.69) is 41.1 Å². The van der Waals surface area contributed by atoms with Crippen molar-refractivity contribution in [3.8, 4) is 11.5 Å². The van der Waals surface area contributed by atoms with Crippen LogP contribution in [0.4, 0.5) is 0 Å². The molecule has 3 heterocycles. The van der Waals surface area contributed by atoms with E-state index in [0.717, 1.165) is 9.99 Å². The van der Waals surface area contributed by atoms with E-state index in [-0.39, 0.29) is 0 Å². The number of aromatic nitrogens is 5. The van der Waals surface area contributed by atoms with Gasteiger partial charge in [0, 0.05) is 16.2 Å². The van der Waals surface area contributed by atoms with Crippen molar-refractivity contribution in [2.24, 2.45) is 0 Å². The summed E-state index contributed by atoms with van der Waals surface area (Å²) in [5.41, 5.74) is 2.34. The van der Waals surface area contributed by atoms with E-state index in [0.29, 0.717) is 28.5 Å². The molecule has 4 rings (SSSR count). The highest BCUT2D eigenvalue weighted by Gasteiger charge is 2.18. The van der Waals surface area contributed by atoms with Gasteiger partial charge in [0.1, 0.15) is 5.82 Å². The SMILES string of the molecule is C[C@H](OC(=O)c1cccc(-c2nnco2)c1)c1nc2ncc(Br)cc2[nH]1. The molecule has 3 aromatic heterocycles. The van der Waals surface area contributed by atoms with Gasteiger partial charge in [-0.05, 0) is 47.1 Å². The van der Waals surface area contributed by atoms with Crippen molar-refractivity contribution in [2.75, 3.05) is 0 Å². The van der Waals surface area contributed by atoms with E-state index in [1.165, 1.54) is 6.39 Å². The molecule has 130 valence electrons. The molecule has 0 saturated carbocycles. The number of esters is 1. The monoisotopic (exact) mass is 413 g/mol. The molecule has 0 aliphatic heterocycles. The molecular formula is C17H12BrN5O3. The number of nitrogens with zero attached hydrogens (tertiary/aromatic N) is 4. The van der Waals surface area contributed by atoms with Crippen LogP contribution >= 0.6 is 15.9 Å². The highest BCUT2D eigenvalue weighted by atomic mass is 79.9. The second-order valence-corrected chi connectivity index (χ2v) is 6.43. The van der Waals surface area contributed by atoms with Crippen molar-refractivity contribution in [3.63, 3.8) is 0 Å². The van der Waals surface area contributed by atoms with E-state index in [9.17, 15) is 4.79 Å². The van der Waals surface area contributed by atoms with Gasteiger partial charge in [-0.1, -0.05) is 6.07 Å². The van der Waals surface area contributed by atoms with E-state index < -0.39 is 12.1 Å². The highest BCUT2D eigenvalue weighted by molar-refractivity contribution is 9.10. The average molecular weight is 414 g/mol. The van der Waals surface area contributed by atoms with Gasteiger partial charge in [-0.15, -0.1) is 10.2 Å². The number of carbonyl (C=O) groups is 1. The van der Waals surface area contributed by atoms with Crippen molar-refractivity contribution in [1.29, 1.82) is 0 Å². The number of rotatable bonds is 4. The van der Waals surface area contributed by atoms with E-state index in [4.69, 9.17) is 9.15 Å². The first-order valence-electron chi connectivity index (χ1n) is 7.69. The molecule has 1 N–H and O–H groups in total. The molecule has 1 aromatic carbocycles. The predicted octanol–water partition coefficient (Wildman–Crippen LogP) is 3.69. The molecule has 0 amide bonds. The molecule has 9 heteroatoms. The van der Waals surface area contributed by atoms with Crippen LogP contribution in [0.3, 0.4) is 0 Å². The number of halogens is 1. The summed E-state index contributed by atoms with van der Waals surface area (Å²) < 4.78 is 11.5. The minimum Gasteiger partial charge on any atom is -0.451 e. The molecule has 8 nitrogen and oxygen atoms in total. The maximum Gasteiger partial charge on any atom is 0.338 e. The topological polar surface area (TPSA) is 107 Å². The normalized spacial score (nSPS) is 12.2. The number of H-pyrrole nitrogens is 1. The molecular weight excluding hydrogens is 402 g/mol. The van der Waals surface area contributed by atoms with E-state index in [1.54, 1.807) is 37.4 Å². The Morgan fingerprint density at radius 2 is 2.23 bits per heavy atom. The van der Waals surface area contributed by atoms with Crippen molar-refractivity contribution in [1.82, 2.24) is 25.1 Å². The lowest BCUT2D eigenvalue weighted by atomic mass is 10.1. The fourth-order valence-electron chi connectivity index (χ4n) is 2.45. The summed E-state index contributed by atoms with van der Waals surface area (Å²) in [7, 11) is 0. The van der Waals surface area contributed by atoms with Crippen LogP contribution in [0.25, 0.3) is 22.6 Å². The second-order valence-electron chi connectivity index (χ2n) is 5.52. The molecule has 0 bridgehead atoms. The number of imidazole rings is 1. The number of aromatic amines is 1. The van der Waals surface area contributed by atoms with Crippen LogP contribution in [0.5, 0.6) is 0 Å². The molecule has 0 aliphatic rings. The fraction of sp³-hybridized carbons (Fsp3) is 0.118. The predicted molar refractivity (Wildman–Crippen MR) is 95.2 cm³/mol. The minimum absolute atomic E-state index is 0.335. The Morgan fingerprint density at radius 3 is 3.04 bits per heavy atom. The van der Waals surface area contributed by atoms with Crippen LogP contribution in [0.15, 0.2) is 51.8 Å². The smallest absolute Gasteiger partial charge is 0.338 e. The van der Waals surface area contributed by atoms with Crippen LogP contribution in [-0.4, -0.2) is 31.1 Å². The summed E-state index contributed by atoms with van der Waals surface area (Å²) in [6.45, 7) is 1.74. The Hall–Kier alpha value is -3.07. The first kappa shape index (κ1) is 16.4. The number of nitrogens with one attached hydrogen (secondary N) is 1. The first-order chi connectivity index (χ1) is 12.6. The Morgan fingerprint density at radius 1 is 1.35 bits per heavy atom. The quantitative estimate of drug-likeness (QED) is 0.508. The summed E-state index contributed by atoms with van der Waals surface area (Å²) in [4.78, 5) is 24.1. The molecule has 0 saturated heterocycles. The Bertz CT molecular complexity index is 1080. The van der Waals surface area contributed by atoms with Crippen LogP contribution in [0.2, 0.25) is 0 Å². The zero-order valence-electron chi connectivity index (χ0n) is 13.5. The molecule has 0 aliphatic carbocycles. The van der Waals surface area contributed by atoms with Gasteiger partial charge in [-0.3, -0.25) is 0 Å². The van der Waals surface area contributed by atoms with Gasteiger partial charge in [-0.25, -0.2) is 14.8 Å².